The fourth-order valence-electron chi connectivity index (χ4n) is 2.95. The molecule has 0 N–H and O–H groups in total. The molecule has 2 aromatic heterocycles. The van der Waals surface area contributed by atoms with Crippen LogP contribution in [0.1, 0.15) is 34.5 Å². The summed E-state index contributed by atoms with van der Waals surface area (Å²) >= 11 is 7.84. The molecule has 1 fully saturated rings. The summed E-state index contributed by atoms with van der Waals surface area (Å²) in [4.78, 5) is 19.8. The maximum Gasteiger partial charge on any atom is 0.231 e. The van der Waals surface area contributed by atoms with Crippen molar-refractivity contribution < 1.29 is 9.32 Å². The number of carbonyl (C=O) groups is 1. The Morgan fingerprint density at radius 1 is 1.40 bits per heavy atom. The van der Waals surface area contributed by atoms with E-state index in [1.54, 1.807) is 16.2 Å². The van der Waals surface area contributed by atoms with E-state index in [1.807, 2.05) is 42.6 Å². The highest BCUT2D eigenvalue weighted by Gasteiger charge is 2.34. The standard InChI is InChI=1S/C18H16ClN3O2S/c1-11-4-5-13(8-15(11)19)22-10-12(7-17(22)23)18-20-16(24-21-18)9-14-3-2-6-25-14/h2-6,8,12H,7,9-10H2,1H3. The molecule has 1 aliphatic rings. The average Bonchev–Trinajstić information content (AvgIpc) is 3.32. The minimum atomic E-state index is -0.0617. The van der Waals surface area contributed by atoms with Crippen LogP contribution in [0.5, 0.6) is 0 Å². The third-order valence-corrected chi connectivity index (χ3v) is 5.63. The van der Waals surface area contributed by atoms with Gasteiger partial charge in [0.05, 0.1) is 6.42 Å². The predicted molar refractivity (Wildman–Crippen MR) is 97.3 cm³/mol. The van der Waals surface area contributed by atoms with E-state index < -0.39 is 0 Å². The molecule has 1 atom stereocenters. The molecule has 0 bridgehead atoms. The van der Waals surface area contributed by atoms with E-state index in [2.05, 4.69) is 10.1 Å². The number of amides is 1. The van der Waals surface area contributed by atoms with Crippen LogP contribution in [0.2, 0.25) is 5.02 Å². The number of benzene rings is 1. The summed E-state index contributed by atoms with van der Waals surface area (Å²) in [5.41, 5.74) is 1.80. The van der Waals surface area contributed by atoms with E-state index in [0.29, 0.717) is 36.1 Å². The van der Waals surface area contributed by atoms with Crippen molar-refractivity contribution in [2.24, 2.45) is 0 Å². The van der Waals surface area contributed by atoms with Crippen LogP contribution in [-0.4, -0.2) is 22.6 Å². The molecular weight excluding hydrogens is 358 g/mol. The highest BCUT2D eigenvalue weighted by atomic mass is 35.5. The van der Waals surface area contributed by atoms with Gasteiger partial charge in [-0.3, -0.25) is 4.79 Å². The zero-order valence-electron chi connectivity index (χ0n) is 13.6. The Morgan fingerprint density at radius 3 is 3.04 bits per heavy atom. The Labute approximate surface area is 154 Å². The van der Waals surface area contributed by atoms with Gasteiger partial charge in [-0.25, -0.2) is 0 Å². The minimum Gasteiger partial charge on any atom is -0.339 e. The summed E-state index contributed by atoms with van der Waals surface area (Å²) in [7, 11) is 0. The molecule has 5 nitrogen and oxygen atoms in total. The van der Waals surface area contributed by atoms with E-state index in [4.69, 9.17) is 16.1 Å². The lowest BCUT2D eigenvalue weighted by atomic mass is 10.1. The molecule has 1 aliphatic heterocycles. The van der Waals surface area contributed by atoms with Crippen molar-refractivity contribution in [1.29, 1.82) is 0 Å². The van der Waals surface area contributed by atoms with Crippen LogP contribution in [0.15, 0.2) is 40.2 Å². The first kappa shape index (κ1) is 16.3. The van der Waals surface area contributed by atoms with E-state index >= 15 is 0 Å². The van der Waals surface area contributed by atoms with Gasteiger partial charge in [-0.2, -0.15) is 4.98 Å². The maximum absolute atomic E-state index is 12.4. The number of anilines is 1. The quantitative estimate of drug-likeness (QED) is 0.687. The number of halogens is 1. The number of aryl methyl sites for hydroxylation is 1. The number of carbonyl (C=O) groups excluding carboxylic acids is 1. The molecule has 0 radical (unpaired) electrons. The lowest BCUT2D eigenvalue weighted by Crippen LogP contribution is -2.24. The normalized spacial score (nSPS) is 17.4. The first-order valence-corrected chi connectivity index (χ1v) is 9.27. The Balaban J connectivity index is 1.50. The van der Waals surface area contributed by atoms with E-state index in [-0.39, 0.29) is 11.8 Å². The molecule has 128 valence electrons. The van der Waals surface area contributed by atoms with Gasteiger partial charge in [-0.15, -0.1) is 11.3 Å². The lowest BCUT2D eigenvalue weighted by molar-refractivity contribution is -0.117. The van der Waals surface area contributed by atoms with E-state index in [1.165, 1.54) is 4.88 Å². The van der Waals surface area contributed by atoms with E-state index in [9.17, 15) is 4.79 Å². The largest absolute Gasteiger partial charge is 0.339 e. The molecule has 1 unspecified atom stereocenters. The number of thiophene rings is 1. The second kappa shape index (κ2) is 6.61. The summed E-state index contributed by atoms with van der Waals surface area (Å²) in [6.07, 6.45) is 1.01. The first-order valence-electron chi connectivity index (χ1n) is 8.01. The molecule has 1 aromatic carbocycles. The van der Waals surface area contributed by atoms with Crippen LogP contribution in [0.25, 0.3) is 0 Å². The average molecular weight is 374 g/mol. The van der Waals surface area contributed by atoms with Crippen molar-refractivity contribution >= 4 is 34.5 Å². The number of hydrogen-bond acceptors (Lipinski definition) is 5. The van der Waals surface area contributed by atoms with Crippen molar-refractivity contribution in [3.8, 4) is 0 Å². The second-order valence-corrected chi connectivity index (χ2v) is 7.58. The van der Waals surface area contributed by atoms with Crippen LogP contribution >= 0.6 is 22.9 Å². The highest BCUT2D eigenvalue weighted by molar-refractivity contribution is 7.09. The molecule has 1 saturated heterocycles. The summed E-state index contributed by atoms with van der Waals surface area (Å²) in [6, 6.07) is 9.70. The number of hydrogen-bond donors (Lipinski definition) is 0. The Morgan fingerprint density at radius 2 is 2.28 bits per heavy atom. The van der Waals surface area contributed by atoms with Crippen LogP contribution in [0.3, 0.4) is 0 Å². The van der Waals surface area contributed by atoms with Gasteiger partial charge < -0.3 is 9.42 Å². The number of aromatic nitrogens is 2. The molecule has 4 rings (SSSR count). The van der Waals surface area contributed by atoms with Gasteiger partial charge in [0, 0.05) is 34.5 Å². The third kappa shape index (κ3) is 3.32. The van der Waals surface area contributed by atoms with Gasteiger partial charge in [0.2, 0.25) is 11.8 Å². The Bertz CT molecular complexity index is 907. The monoisotopic (exact) mass is 373 g/mol. The van der Waals surface area contributed by atoms with Crippen LogP contribution in [0, 0.1) is 6.92 Å². The van der Waals surface area contributed by atoms with Gasteiger partial charge in [0.25, 0.3) is 0 Å². The zero-order valence-corrected chi connectivity index (χ0v) is 15.2. The number of rotatable bonds is 4. The molecule has 3 heterocycles. The maximum atomic E-state index is 12.4. The summed E-state index contributed by atoms with van der Waals surface area (Å²) < 4.78 is 5.36. The van der Waals surface area contributed by atoms with Crippen LogP contribution in [0.4, 0.5) is 5.69 Å². The zero-order chi connectivity index (χ0) is 17.4. The fourth-order valence-corrected chi connectivity index (χ4v) is 3.82. The molecule has 1 amide bonds. The van der Waals surface area contributed by atoms with Gasteiger partial charge in [-0.1, -0.05) is 28.9 Å². The van der Waals surface area contributed by atoms with Gasteiger partial charge in [0.15, 0.2) is 5.82 Å². The predicted octanol–water partition coefficient (Wildman–Crippen LogP) is 4.20. The molecule has 3 aromatic rings. The van der Waals surface area contributed by atoms with Crippen LogP contribution in [-0.2, 0) is 11.2 Å². The minimum absolute atomic E-state index is 0.0505. The molecule has 0 saturated carbocycles. The fraction of sp³-hybridized carbons (Fsp3) is 0.278. The summed E-state index contributed by atoms with van der Waals surface area (Å²) in [6.45, 7) is 2.48. The first-order chi connectivity index (χ1) is 12.1. The third-order valence-electron chi connectivity index (χ3n) is 4.35. The van der Waals surface area contributed by atoms with Crippen molar-refractivity contribution in [3.63, 3.8) is 0 Å². The molecule has 0 aliphatic carbocycles. The van der Waals surface area contributed by atoms with Crippen molar-refractivity contribution in [2.45, 2.75) is 25.7 Å². The van der Waals surface area contributed by atoms with E-state index in [0.717, 1.165) is 11.3 Å². The SMILES string of the molecule is Cc1ccc(N2CC(c3noc(Cc4cccs4)n3)CC2=O)cc1Cl. The second-order valence-electron chi connectivity index (χ2n) is 6.14. The number of nitrogens with zero attached hydrogens (tertiary/aromatic N) is 3. The van der Waals surface area contributed by atoms with Crippen molar-refractivity contribution in [3.05, 3.63) is 62.9 Å². The van der Waals surface area contributed by atoms with Gasteiger partial charge >= 0.3 is 0 Å². The highest BCUT2D eigenvalue weighted by Crippen LogP contribution is 2.32. The Kier molecular flexibility index (Phi) is 4.31. The molecule has 7 heteroatoms. The summed E-state index contributed by atoms with van der Waals surface area (Å²) in [5, 5.41) is 6.77. The van der Waals surface area contributed by atoms with Crippen molar-refractivity contribution in [1.82, 2.24) is 10.1 Å². The van der Waals surface area contributed by atoms with Gasteiger partial charge in [-0.05, 0) is 36.1 Å². The van der Waals surface area contributed by atoms with Crippen LogP contribution < -0.4 is 4.90 Å². The van der Waals surface area contributed by atoms with Gasteiger partial charge in [0.1, 0.15) is 0 Å². The molecule has 0 spiro atoms. The Hall–Kier alpha value is -2.18. The lowest BCUT2D eigenvalue weighted by Gasteiger charge is -2.17. The topological polar surface area (TPSA) is 59.2 Å². The smallest absolute Gasteiger partial charge is 0.231 e. The summed E-state index contributed by atoms with van der Waals surface area (Å²) in [5.74, 6) is 1.17. The molecule has 25 heavy (non-hydrogen) atoms. The van der Waals surface area contributed by atoms with Crippen molar-refractivity contribution in [2.75, 3.05) is 11.4 Å². The molecular formula is C18H16ClN3O2S.